The minimum atomic E-state index is 0.00433. The number of hydrogen-bond donors (Lipinski definition) is 0. The maximum atomic E-state index is 11.2. The van der Waals surface area contributed by atoms with E-state index in [0.29, 0.717) is 17.9 Å². The molecule has 1 heterocycles. The maximum Gasteiger partial charge on any atom is 0.185 e. The van der Waals surface area contributed by atoms with Gasteiger partial charge < -0.3 is 4.42 Å². The average Bonchev–Trinajstić information content (AvgIpc) is 2.17. The Balaban J connectivity index is 2.29. The summed E-state index contributed by atoms with van der Waals surface area (Å²) in [4.78, 5) is 11.2. The van der Waals surface area contributed by atoms with E-state index in [9.17, 15) is 4.79 Å². The summed E-state index contributed by atoms with van der Waals surface area (Å²) in [6.45, 7) is 1.79. The van der Waals surface area contributed by atoms with Crippen LogP contribution in [0.15, 0.2) is 51.7 Å². The van der Waals surface area contributed by atoms with Crippen LogP contribution in [0.5, 0.6) is 0 Å². The molecule has 0 spiro atoms. The van der Waals surface area contributed by atoms with E-state index in [0.717, 1.165) is 5.56 Å². The third kappa shape index (κ3) is 2.56. The van der Waals surface area contributed by atoms with Crippen LogP contribution < -0.4 is 5.43 Å². The molecule has 1 aromatic carbocycles. The highest BCUT2D eigenvalue weighted by molar-refractivity contribution is 5.20. The Labute approximate surface area is 88.2 Å². The molecule has 0 bridgehead atoms. The van der Waals surface area contributed by atoms with Gasteiger partial charge in [-0.2, -0.15) is 0 Å². The van der Waals surface area contributed by atoms with Gasteiger partial charge in [0.15, 0.2) is 5.43 Å². The molecule has 76 valence electrons. The molecule has 0 aliphatic carbocycles. The van der Waals surface area contributed by atoms with Crippen LogP contribution in [-0.2, 0) is 6.42 Å². The van der Waals surface area contributed by atoms with Gasteiger partial charge in [-0.25, -0.2) is 0 Å². The molecule has 0 radical (unpaired) electrons. The molecule has 0 amide bonds. The first-order valence-electron chi connectivity index (χ1n) is 4.88. The molecule has 0 saturated heterocycles. The Hall–Kier alpha value is -1.83. The molecular formula is C13H12O2. The zero-order valence-corrected chi connectivity index (χ0v) is 8.57. The molecular weight excluding hydrogens is 188 g/mol. The van der Waals surface area contributed by atoms with Crippen molar-refractivity contribution in [1.82, 2.24) is 0 Å². The fourth-order valence-electron chi connectivity index (χ4n) is 1.55. The lowest BCUT2D eigenvalue weighted by Crippen LogP contribution is -2.01. The third-order valence-electron chi connectivity index (χ3n) is 2.16. The van der Waals surface area contributed by atoms with Crippen molar-refractivity contribution in [2.45, 2.75) is 13.3 Å². The average molecular weight is 200 g/mol. The van der Waals surface area contributed by atoms with Gasteiger partial charge in [0.05, 0.1) is 0 Å². The monoisotopic (exact) mass is 200 g/mol. The number of benzene rings is 1. The normalized spacial score (nSPS) is 10.2. The van der Waals surface area contributed by atoms with Crippen LogP contribution in [0.25, 0.3) is 0 Å². The Kier molecular flexibility index (Phi) is 2.68. The molecule has 15 heavy (non-hydrogen) atoms. The van der Waals surface area contributed by atoms with Crippen LogP contribution >= 0.6 is 0 Å². The molecule has 0 atom stereocenters. The van der Waals surface area contributed by atoms with Gasteiger partial charge in [-0.05, 0) is 12.5 Å². The highest BCUT2D eigenvalue weighted by Gasteiger charge is 2.00. The predicted molar refractivity (Wildman–Crippen MR) is 59.0 cm³/mol. The second-order valence-corrected chi connectivity index (χ2v) is 3.53. The topological polar surface area (TPSA) is 30.2 Å². The van der Waals surface area contributed by atoms with Crippen LogP contribution in [-0.4, -0.2) is 0 Å². The van der Waals surface area contributed by atoms with Crippen molar-refractivity contribution in [3.05, 3.63) is 69.8 Å². The summed E-state index contributed by atoms with van der Waals surface area (Å²) in [6, 6.07) is 13.0. The molecule has 1 aromatic heterocycles. The Morgan fingerprint density at radius 1 is 1.13 bits per heavy atom. The van der Waals surface area contributed by atoms with Crippen molar-refractivity contribution in [3.63, 3.8) is 0 Å². The van der Waals surface area contributed by atoms with Gasteiger partial charge >= 0.3 is 0 Å². The summed E-state index contributed by atoms with van der Waals surface area (Å²) in [5.41, 5.74) is 1.15. The maximum absolute atomic E-state index is 11.2. The van der Waals surface area contributed by atoms with Crippen LogP contribution in [0, 0.1) is 6.92 Å². The summed E-state index contributed by atoms with van der Waals surface area (Å²) in [5, 5.41) is 0. The Morgan fingerprint density at radius 3 is 2.53 bits per heavy atom. The molecule has 2 heteroatoms. The van der Waals surface area contributed by atoms with Crippen LogP contribution in [0.3, 0.4) is 0 Å². The van der Waals surface area contributed by atoms with Crippen LogP contribution in [0.1, 0.15) is 17.1 Å². The van der Waals surface area contributed by atoms with E-state index >= 15 is 0 Å². The van der Waals surface area contributed by atoms with Gasteiger partial charge in [0.1, 0.15) is 11.5 Å². The van der Waals surface area contributed by atoms with E-state index in [2.05, 4.69) is 0 Å². The lowest BCUT2D eigenvalue weighted by molar-refractivity contribution is 0.473. The Bertz CT molecular complexity index is 497. The zero-order chi connectivity index (χ0) is 10.7. The smallest absolute Gasteiger partial charge is 0.185 e. The number of hydrogen-bond acceptors (Lipinski definition) is 2. The van der Waals surface area contributed by atoms with Crippen molar-refractivity contribution in [2.24, 2.45) is 0 Å². The van der Waals surface area contributed by atoms with E-state index in [1.807, 2.05) is 30.3 Å². The summed E-state index contributed by atoms with van der Waals surface area (Å²) in [5.74, 6) is 1.37. The van der Waals surface area contributed by atoms with Gasteiger partial charge in [0.25, 0.3) is 0 Å². The fraction of sp³-hybridized carbons (Fsp3) is 0.154. The number of rotatable bonds is 2. The zero-order valence-electron chi connectivity index (χ0n) is 8.57. The second-order valence-electron chi connectivity index (χ2n) is 3.53. The van der Waals surface area contributed by atoms with Gasteiger partial charge in [0.2, 0.25) is 0 Å². The van der Waals surface area contributed by atoms with E-state index in [1.54, 1.807) is 13.0 Å². The molecule has 2 aromatic rings. The number of aryl methyl sites for hydroxylation is 1. The molecule has 2 nitrogen and oxygen atoms in total. The van der Waals surface area contributed by atoms with Crippen molar-refractivity contribution < 1.29 is 4.42 Å². The van der Waals surface area contributed by atoms with Gasteiger partial charge in [-0.3, -0.25) is 4.79 Å². The van der Waals surface area contributed by atoms with Crippen molar-refractivity contribution in [1.29, 1.82) is 0 Å². The summed E-state index contributed by atoms with van der Waals surface area (Å²) < 4.78 is 5.46. The minimum absolute atomic E-state index is 0.00433. The first-order chi connectivity index (χ1) is 7.24. The second kappa shape index (κ2) is 4.13. The fourth-order valence-corrected chi connectivity index (χ4v) is 1.55. The molecule has 0 unspecified atom stereocenters. The highest BCUT2D eigenvalue weighted by atomic mass is 16.3. The first-order valence-corrected chi connectivity index (χ1v) is 4.88. The minimum Gasteiger partial charge on any atom is -0.466 e. The predicted octanol–water partition coefficient (Wildman–Crippen LogP) is 2.54. The Morgan fingerprint density at radius 2 is 1.87 bits per heavy atom. The lowest BCUT2D eigenvalue weighted by Gasteiger charge is -2.01. The van der Waals surface area contributed by atoms with Gasteiger partial charge in [-0.1, -0.05) is 30.3 Å². The molecule has 0 aliphatic rings. The third-order valence-corrected chi connectivity index (χ3v) is 2.16. The largest absolute Gasteiger partial charge is 0.466 e. The van der Waals surface area contributed by atoms with Crippen LogP contribution in [0.2, 0.25) is 0 Å². The van der Waals surface area contributed by atoms with E-state index in [1.165, 1.54) is 6.07 Å². The molecule has 0 fully saturated rings. The molecule has 2 rings (SSSR count). The highest BCUT2D eigenvalue weighted by Crippen LogP contribution is 2.08. The first kappa shape index (κ1) is 9.71. The molecule has 0 aliphatic heterocycles. The van der Waals surface area contributed by atoms with Crippen molar-refractivity contribution >= 4 is 0 Å². The van der Waals surface area contributed by atoms with E-state index < -0.39 is 0 Å². The standard InChI is InChI=1S/C13H12O2/c1-10-7-12(14)9-13(15-10)8-11-5-3-2-4-6-11/h2-7,9H,8H2,1H3. The molecule has 0 saturated carbocycles. The van der Waals surface area contributed by atoms with E-state index in [-0.39, 0.29) is 5.43 Å². The van der Waals surface area contributed by atoms with Crippen LogP contribution in [0.4, 0.5) is 0 Å². The van der Waals surface area contributed by atoms with Crippen molar-refractivity contribution in [2.75, 3.05) is 0 Å². The van der Waals surface area contributed by atoms with E-state index in [4.69, 9.17) is 4.42 Å². The summed E-state index contributed by atoms with van der Waals surface area (Å²) in [6.07, 6.45) is 0.664. The van der Waals surface area contributed by atoms with Gasteiger partial charge in [-0.15, -0.1) is 0 Å². The molecule has 0 N–H and O–H groups in total. The van der Waals surface area contributed by atoms with Gasteiger partial charge in [0, 0.05) is 18.6 Å². The SMILES string of the molecule is Cc1cc(=O)cc(Cc2ccccc2)o1. The lowest BCUT2D eigenvalue weighted by atomic mass is 10.1. The summed E-state index contributed by atoms with van der Waals surface area (Å²) >= 11 is 0. The quantitative estimate of drug-likeness (QED) is 0.745. The summed E-state index contributed by atoms with van der Waals surface area (Å²) in [7, 11) is 0. The van der Waals surface area contributed by atoms with Crippen molar-refractivity contribution in [3.8, 4) is 0 Å².